The second-order valence-corrected chi connectivity index (χ2v) is 2.73. The van der Waals surface area contributed by atoms with E-state index in [0.29, 0.717) is 0 Å². The summed E-state index contributed by atoms with van der Waals surface area (Å²) < 4.78 is 39.6. The molecule has 86 valence electrons. The number of ether oxygens (including phenoxy) is 1. The van der Waals surface area contributed by atoms with Gasteiger partial charge in [0.25, 0.3) is 0 Å². The van der Waals surface area contributed by atoms with Gasteiger partial charge in [-0.25, -0.2) is 4.98 Å². The van der Waals surface area contributed by atoms with Gasteiger partial charge in [-0.05, 0) is 0 Å². The molecule has 0 aromatic carbocycles. The van der Waals surface area contributed by atoms with Gasteiger partial charge in [0.05, 0.1) is 11.4 Å². The molecular formula is C8H7F3N4O. The third-order valence-electron chi connectivity index (χ3n) is 1.63. The van der Waals surface area contributed by atoms with Crippen molar-refractivity contribution in [1.82, 2.24) is 4.98 Å². The van der Waals surface area contributed by atoms with Crippen molar-refractivity contribution >= 4 is 5.69 Å². The van der Waals surface area contributed by atoms with E-state index in [1.165, 1.54) is 0 Å². The quantitative estimate of drug-likeness (QED) is 0.789. The Kier molecular flexibility index (Phi) is 3.20. The predicted molar refractivity (Wildman–Crippen MR) is 47.9 cm³/mol. The summed E-state index contributed by atoms with van der Waals surface area (Å²) in [4.78, 5) is 3.64. The van der Waals surface area contributed by atoms with E-state index in [-0.39, 0.29) is 23.6 Å². The second kappa shape index (κ2) is 4.24. The molecule has 0 spiro atoms. The van der Waals surface area contributed by atoms with Gasteiger partial charge in [0.1, 0.15) is 11.8 Å². The number of hydrogen-bond acceptors (Lipinski definition) is 5. The highest BCUT2D eigenvalue weighted by molar-refractivity contribution is 5.58. The van der Waals surface area contributed by atoms with Gasteiger partial charge in [0.2, 0.25) is 0 Å². The standard InChI is InChI=1S/C8H7F3N4O/c9-8(10,11)16-6-1-4(2-12)15-5(3-13)7(6)14/h1H,3,13-14H2. The van der Waals surface area contributed by atoms with Crippen molar-refractivity contribution in [2.75, 3.05) is 5.73 Å². The van der Waals surface area contributed by atoms with Crippen LogP contribution < -0.4 is 16.2 Å². The summed E-state index contributed by atoms with van der Waals surface area (Å²) in [7, 11) is 0. The summed E-state index contributed by atoms with van der Waals surface area (Å²) in [5.41, 5.74) is 9.99. The van der Waals surface area contributed by atoms with Crippen molar-refractivity contribution in [3.8, 4) is 11.8 Å². The molecule has 16 heavy (non-hydrogen) atoms. The van der Waals surface area contributed by atoms with Crippen LogP contribution in [0.15, 0.2) is 6.07 Å². The van der Waals surface area contributed by atoms with Crippen LogP contribution in [-0.2, 0) is 6.54 Å². The number of nitrogens with zero attached hydrogens (tertiary/aromatic N) is 2. The Hall–Kier alpha value is -2.01. The number of rotatable bonds is 2. The molecule has 0 aliphatic carbocycles. The van der Waals surface area contributed by atoms with Crippen LogP contribution in [0.25, 0.3) is 0 Å². The first-order chi connectivity index (χ1) is 7.37. The summed E-state index contributed by atoms with van der Waals surface area (Å²) in [6.45, 7) is -0.185. The number of anilines is 1. The summed E-state index contributed by atoms with van der Waals surface area (Å²) >= 11 is 0. The lowest BCUT2D eigenvalue weighted by Gasteiger charge is -2.12. The minimum absolute atomic E-state index is 0.0155. The first kappa shape index (κ1) is 12.1. The van der Waals surface area contributed by atoms with E-state index in [2.05, 4.69) is 9.72 Å². The zero-order chi connectivity index (χ0) is 12.3. The summed E-state index contributed by atoms with van der Waals surface area (Å²) in [5, 5.41) is 8.54. The molecule has 0 radical (unpaired) electrons. The second-order valence-electron chi connectivity index (χ2n) is 2.73. The first-order valence-corrected chi connectivity index (χ1v) is 4.02. The Morgan fingerprint density at radius 2 is 2.12 bits per heavy atom. The molecule has 0 saturated heterocycles. The Labute approximate surface area is 88.4 Å². The lowest BCUT2D eigenvalue weighted by atomic mass is 10.2. The summed E-state index contributed by atoms with van der Waals surface area (Å²) in [6, 6.07) is 2.39. The number of nitriles is 1. The Balaban J connectivity index is 3.23. The van der Waals surface area contributed by atoms with E-state index in [0.717, 1.165) is 6.07 Å². The maximum atomic E-state index is 12.0. The molecule has 8 heteroatoms. The number of alkyl halides is 3. The van der Waals surface area contributed by atoms with Gasteiger partial charge in [0, 0.05) is 12.6 Å². The summed E-state index contributed by atoms with van der Waals surface area (Å²) in [6.07, 6.45) is -4.88. The number of pyridine rings is 1. The van der Waals surface area contributed by atoms with Gasteiger partial charge in [-0.2, -0.15) is 5.26 Å². The highest BCUT2D eigenvalue weighted by Gasteiger charge is 2.32. The molecule has 1 heterocycles. The lowest BCUT2D eigenvalue weighted by Crippen LogP contribution is -2.19. The van der Waals surface area contributed by atoms with E-state index in [9.17, 15) is 13.2 Å². The molecule has 1 aromatic heterocycles. The van der Waals surface area contributed by atoms with E-state index in [1.807, 2.05) is 0 Å². The van der Waals surface area contributed by atoms with Crippen LogP contribution in [0.3, 0.4) is 0 Å². The third kappa shape index (κ3) is 2.74. The first-order valence-electron chi connectivity index (χ1n) is 4.02. The van der Waals surface area contributed by atoms with Gasteiger partial charge in [-0.3, -0.25) is 0 Å². The Morgan fingerprint density at radius 3 is 2.56 bits per heavy atom. The van der Waals surface area contributed by atoms with Crippen molar-refractivity contribution < 1.29 is 17.9 Å². The Morgan fingerprint density at radius 1 is 1.50 bits per heavy atom. The molecule has 0 atom stereocenters. The van der Waals surface area contributed by atoms with Gasteiger partial charge in [0.15, 0.2) is 5.75 Å². The van der Waals surface area contributed by atoms with Crippen LogP contribution in [-0.4, -0.2) is 11.3 Å². The van der Waals surface area contributed by atoms with E-state index in [1.54, 1.807) is 6.07 Å². The maximum Gasteiger partial charge on any atom is 0.573 e. The van der Waals surface area contributed by atoms with Crippen molar-refractivity contribution in [3.05, 3.63) is 17.5 Å². The number of hydrogen-bond donors (Lipinski definition) is 2. The molecular weight excluding hydrogens is 225 g/mol. The van der Waals surface area contributed by atoms with E-state index >= 15 is 0 Å². The monoisotopic (exact) mass is 232 g/mol. The van der Waals surface area contributed by atoms with E-state index in [4.69, 9.17) is 16.7 Å². The topological polar surface area (TPSA) is 97.9 Å². The maximum absolute atomic E-state index is 12.0. The highest BCUT2D eigenvalue weighted by Crippen LogP contribution is 2.30. The zero-order valence-electron chi connectivity index (χ0n) is 7.88. The molecule has 1 rings (SSSR count). The largest absolute Gasteiger partial charge is 0.573 e. The fraction of sp³-hybridized carbons (Fsp3) is 0.250. The minimum Gasteiger partial charge on any atom is -0.403 e. The molecule has 0 unspecified atom stereocenters. The van der Waals surface area contributed by atoms with Crippen LogP contribution in [0.5, 0.6) is 5.75 Å². The van der Waals surface area contributed by atoms with Crippen LogP contribution in [0.1, 0.15) is 11.4 Å². The molecule has 0 aliphatic heterocycles. The summed E-state index contributed by atoms with van der Waals surface area (Å²) in [5.74, 6) is -0.667. The molecule has 4 N–H and O–H groups in total. The molecule has 0 fully saturated rings. The Bertz CT molecular complexity index is 438. The van der Waals surface area contributed by atoms with Crippen molar-refractivity contribution in [1.29, 1.82) is 5.26 Å². The van der Waals surface area contributed by atoms with Gasteiger partial charge in [-0.1, -0.05) is 0 Å². The normalized spacial score (nSPS) is 10.9. The van der Waals surface area contributed by atoms with Gasteiger partial charge in [-0.15, -0.1) is 13.2 Å². The van der Waals surface area contributed by atoms with Crippen molar-refractivity contribution in [2.45, 2.75) is 12.9 Å². The fourth-order valence-electron chi connectivity index (χ4n) is 1.00. The number of halogens is 3. The van der Waals surface area contributed by atoms with Crippen molar-refractivity contribution in [2.24, 2.45) is 5.73 Å². The fourth-order valence-corrected chi connectivity index (χ4v) is 1.00. The average molecular weight is 232 g/mol. The molecule has 0 bridgehead atoms. The van der Waals surface area contributed by atoms with E-state index < -0.39 is 12.1 Å². The minimum atomic E-state index is -4.88. The highest BCUT2D eigenvalue weighted by atomic mass is 19.4. The van der Waals surface area contributed by atoms with Crippen molar-refractivity contribution in [3.63, 3.8) is 0 Å². The average Bonchev–Trinajstić information content (AvgIpc) is 2.19. The van der Waals surface area contributed by atoms with Gasteiger partial charge < -0.3 is 16.2 Å². The van der Waals surface area contributed by atoms with Crippen LogP contribution in [0, 0.1) is 11.3 Å². The predicted octanol–water partition coefficient (Wildman–Crippen LogP) is 0.893. The third-order valence-corrected chi connectivity index (χ3v) is 1.63. The molecule has 0 amide bonds. The molecule has 0 aliphatic rings. The SMILES string of the molecule is N#Cc1cc(OC(F)(F)F)c(N)c(CN)n1. The van der Waals surface area contributed by atoms with Crippen LogP contribution in [0.4, 0.5) is 18.9 Å². The molecule has 1 aromatic rings. The molecule has 0 saturated carbocycles. The number of aromatic nitrogens is 1. The van der Waals surface area contributed by atoms with Crippen LogP contribution in [0.2, 0.25) is 0 Å². The van der Waals surface area contributed by atoms with Gasteiger partial charge >= 0.3 is 6.36 Å². The number of nitrogens with two attached hydrogens (primary N) is 2. The van der Waals surface area contributed by atoms with Crippen LogP contribution >= 0.6 is 0 Å². The lowest BCUT2D eigenvalue weighted by molar-refractivity contribution is -0.274. The zero-order valence-corrected chi connectivity index (χ0v) is 7.88. The molecule has 5 nitrogen and oxygen atoms in total. The smallest absolute Gasteiger partial charge is 0.403 e. The number of nitrogen functional groups attached to an aromatic ring is 1.